The average molecular weight is 195 g/mol. The average Bonchev–Trinajstić information content (AvgIpc) is 2.18. The van der Waals surface area contributed by atoms with E-state index in [1.165, 1.54) is 0 Å². The van der Waals surface area contributed by atoms with Gasteiger partial charge in [0.2, 0.25) is 0 Å². The maximum atomic E-state index is 9.20. The van der Waals surface area contributed by atoms with Gasteiger partial charge < -0.3 is 15.9 Å². The van der Waals surface area contributed by atoms with Crippen molar-refractivity contribution in [1.82, 2.24) is 0 Å². The van der Waals surface area contributed by atoms with Gasteiger partial charge in [0.15, 0.2) is 0 Å². The lowest BCUT2D eigenvalue weighted by Gasteiger charge is -2.03. The zero-order chi connectivity index (χ0) is 10.4. The van der Waals surface area contributed by atoms with E-state index >= 15 is 0 Å². The second-order valence-corrected chi connectivity index (χ2v) is 3.43. The predicted octanol–water partition coefficient (Wildman–Crippen LogP) is 1.68. The first kappa shape index (κ1) is 10.9. The van der Waals surface area contributed by atoms with E-state index < -0.39 is 0 Å². The summed E-state index contributed by atoms with van der Waals surface area (Å²) in [6.45, 7) is 0.262. The molecule has 3 heteroatoms. The molecule has 0 atom stereocenters. The number of unbranched alkanes of at least 4 members (excludes halogenated alkanes) is 2. The number of nitrogen functional groups attached to an aromatic ring is 1. The number of nitrogens with two attached hydrogens (primary N) is 1. The van der Waals surface area contributed by atoms with Gasteiger partial charge in [-0.05, 0) is 37.0 Å². The maximum absolute atomic E-state index is 9.20. The molecule has 78 valence electrons. The Morgan fingerprint density at radius 2 is 1.93 bits per heavy atom. The van der Waals surface area contributed by atoms with Gasteiger partial charge >= 0.3 is 0 Å². The molecule has 0 aliphatic carbocycles. The molecule has 14 heavy (non-hydrogen) atoms. The van der Waals surface area contributed by atoms with Crippen molar-refractivity contribution in [2.45, 2.75) is 25.7 Å². The monoisotopic (exact) mass is 195 g/mol. The SMILES string of the molecule is Nc1cc(CCCCCO)ccc1O. The summed E-state index contributed by atoms with van der Waals surface area (Å²) >= 11 is 0. The van der Waals surface area contributed by atoms with E-state index in [0.29, 0.717) is 5.69 Å². The van der Waals surface area contributed by atoms with Crippen molar-refractivity contribution < 1.29 is 10.2 Å². The summed E-state index contributed by atoms with van der Waals surface area (Å²) in [6.07, 6.45) is 3.88. The standard InChI is InChI=1S/C11H17NO2/c12-10-8-9(5-6-11(10)14)4-2-1-3-7-13/h5-6,8,13-14H,1-4,7,12H2. The van der Waals surface area contributed by atoms with Crippen LogP contribution < -0.4 is 5.73 Å². The Morgan fingerprint density at radius 1 is 1.14 bits per heavy atom. The Bertz CT molecular complexity index is 287. The lowest BCUT2D eigenvalue weighted by molar-refractivity contribution is 0.283. The topological polar surface area (TPSA) is 66.5 Å². The van der Waals surface area contributed by atoms with E-state index in [-0.39, 0.29) is 12.4 Å². The first-order valence-corrected chi connectivity index (χ1v) is 4.92. The third kappa shape index (κ3) is 3.26. The molecule has 0 saturated heterocycles. The molecule has 0 heterocycles. The minimum atomic E-state index is 0.143. The molecule has 1 aromatic rings. The van der Waals surface area contributed by atoms with Crippen LogP contribution in [0.1, 0.15) is 24.8 Å². The molecule has 0 spiro atoms. The number of hydrogen-bond acceptors (Lipinski definition) is 3. The van der Waals surface area contributed by atoms with Crippen molar-refractivity contribution in [3.05, 3.63) is 23.8 Å². The van der Waals surface area contributed by atoms with Gasteiger partial charge in [-0.25, -0.2) is 0 Å². The summed E-state index contributed by atoms with van der Waals surface area (Å²) in [5.41, 5.74) is 7.13. The van der Waals surface area contributed by atoms with E-state index in [0.717, 1.165) is 31.2 Å². The van der Waals surface area contributed by atoms with Crippen LogP contribution in [0.25, 0.3) is 0 Å². The Balaban J connectivity index is 2.39. The number of aliphatic hydroxyl groups excluding tert-OH is 1. The van der Waals surface area contributed by atoms with Crippen LogP contribution in [0.15, 0.2) is 18.2 Å². The highest BCUT2D eigenvalue weighted by atomic mass is 16.3. The molecule has 1 rings (SSSR count). The second-order valence-electron chi connectivity index (χ2n) is 3.43. The van der Waals surface area contributed by atoms with Gasteiger partial charge in [0.1, 0.15) is 5.75 Å². The highest BCUT2D eigenvalue weighted by Crippen LogP contribution is 2.21. The molecule has 3 nitrogen and oxygen atoms in total. The third-order valence-electron chi connectivity index (χ3n) is 2.22. The van der Waals surface area contributed by atoms with Gasteiger partial charge in [-0.3, -0.25) is 0 Å². The molecule has 0 saturated carbocycles. The molecule has 0 unspecified atom stereocenters. The number of benzene rings is 1. The molecule has 4 N–H and O–H groups in total. The number of phenolic OH excluding ortho intramolecular Hbond substituents is 1. The van der Waals surface area contributed by atoms with Crippen LogP contribution in [-0.4, -0.2) is 16.8 Å². The van der Waals surface area contributed by atoms with Crippen molar-refractivity contribution in [3.63, 3.8) is 0 Å². The molecule has 0 bridgehead atoms. The minimum Gasteiger partial charge on any atom is -0.506 e. The number of anilines is 1. The fourth-order valence-corrected chi connectivity index (χ4v) is 1.38. The van der Waals surface area contributed by atoms with Crippen LogP contribution in [0, 0.1) is 0 Å². The first-order chi connectivity index (χ1) is 6.74. The van der Waals surface area contributed by atoms with Gasteiger partial charge in [0, 0.05) is 6.61 Å². The zero-order valence-electron chi connectivity index (χ0n) is 8.24. The van der Waals surface area contributed by atoms with E-state index in [4.69, 9.17) is 10.8 Å². The second kappa shape index (κ2) is 5.50. The van der Waals surface area contributed by atoms with Crippen molar-refractivity contribution in [1.29, 1.82) is 0 Å². The fourth-order valence-electron chi connectivity index (χ4n) is 1.38. The van der Waals surface area contributed by atoms with E-state index in [2.05, 4.69) is 0 Å². The van der Waals surface area contributed by atoms with Crippen LogP contribution in [0.2, 0.25) is 0 Å². The van der Waals surface area contributed by atoms with Gasteiger partial charge in [-0.1, -0.05) is 12.5 Å². The van der Waals surface area contributed by atoms with Gasteiger partial charge in [0.25, 0.3) is 0 Å². The molecule has 0 amide bonds. The van der Waals surface area contributed by atoms with Crippen LogP contribution in [-0.2, 0) is 6.42 Å². The molecular formula is C11H17NO2. The maximum Gasteiger partial charge on any atom is 0.138 e. The largest absolute Gasteiger partial charge is 0.506 e. The number of phenols is 1. The van der Waals surface area contributed by atoms with Crippen LogP contribution in [0.4, 0.5) is 5.69 Å². The van der Waals surface area contributed by atoms with Crippen LogP contribution >= 0.6 is 0 Å². The molecular weight excluding hydrogens is 178 g/mol. The molecule has 0 aromatic heterocycles. The van der Waals surface area contributed by atoms with Crippen LogP contribution in [0.3, 0.4) is 0 Å². The normalized spacial score (nSPS) is 10.4. The molecule has 1 aromatic carbocycles. The smallest absolute Gasteiger partial charge is 0.138 e. The summed E-state index contributed by atoms with van der Waals surface area (Å²) in [4.78, 5) is 0. The number of aliphatic hydroxyl groups is 1. The van der Waals surface area contributed by atoms with Gasteiger partial charge in [-0.2, -0.15) is 0 Å². The summed E-state index contributed by atoms with van der Waals surface area (Å²) in [5, 5.41) is 17.8. The van der Waals surface area contributed by atoms with Crippen molar-refractivity contribution in [3.8, 4) is 5.75 Å². The minimum absolute atomic E-state index is 0.143. The third-order valence-corrected chi connectivity index (χ3v) is 2.22. The molecule has 0 radical (unpaired) electrons. The van der Waals surface area contributed by atoms with Crippen molar-refractivity contribution in [2.24, 2.45) is 0 Å². The summed E-state index contributed by atoms with van der Waals surface area (Å²) in [6, 6.07) is 5.30. The van der Waals surface area contributed by atoms with E-state index in [9.17, 15) is 5.11 Å². The fraction of sp³-hybridized carbons (Fsp3) is 0.455. The number of rotatable bonds is 5. The number of hydrogen-bond donors (Lipinski definition) is 3. The number of aromatic hydroxyl groups is 1. The molecule has 0 aliphatic heterocycles. The van der Waals surface area contributed by atoms with Crippen LogP contribution in [0.5, 0.6) is 5.75 Å². The Labute approximate surface area is 84.2 Å². The van der Waals surface area contributed by atoms with Gasteiger partial charge in [-0.15, -0.1) is 0 Å². The highest BCUT2D eigenvalue weighted by molar-refractivity contribution is 5.53. The predicted molar refractivity (Wildman–Crippen MR) is 57.2 cm³/mol. The Hall–Kier alpha value is -1.22. The lowest BCUT2D eigenvalue weighted by Crippen LogP contribution is -1.91. The van der Waals surface area contributed by atoms with Gasteiger partial charge in [0.05, 0.1) is 5.69 Å². The molecule has 0 aliphatic rings. The lowest BCUT2D eigenvalue weighted by atomic mass is 10.1. The van der Waals surface area contributed by atoms with E-state index in [1.54, 1.807) is 12.1 Å². The summed E-state index contributed by atoms with van der Waals surface area (Å²) in [7, 11) is 0. The van der Waals surface area contributed by atoms with E-state index in [1.807, 2.05) is 6.07 Å². The quantitative estimate of drug-likeness (QED) is 0.380. The number of aryl methyl sites for hydroxylation is 1. The summed E-state index contributed by atoms with van der Waals surface area (Å²) in [5.74, 6) is 0.143. The molecule has 0 fully saturated rings. The highest BCUT2D eigenvalue weighted by Gasteiger charge is 1.98. The Kier molecular flexibility index (Phi) is 4.26. The first-order valence-electron chi connectivity index (χ1n) is 4.92. The summed E-state index contributed by atoms with van der Waals surface area (Å²) < 4.78 is 0. The Morgan fingerprint density at radius 3 is 2.57 bits per heavy atom. The van der Waals surface area contributed by atoms with Crippen molar-refractivity contribution >= 4 is 5.69 Å². The van der Waals surface area contributed by atoms with Crippen molar-refractivity contribution in [2.75, 3.05) is 12.3 Å². The zero-order valence-corrected chi connectivity index (χ0v) is 8.24.